The van der Waals surface area contributed by atoms with Gasteiger partial charge < -0.3 is 5.11 Å². The van der Waals surface area contributed by atoms with E-state index < -0.39 is 17.7 Å². The summed E-state index contributed by atoms with van der Waals surface area (Å²) in [6, 6.07) is 3.33. The van der Waals surface area contributed by atoms with Gasteiger partial charge in [0.1, 0.15) is 16.6 Å². The molecule has 1 aliphatic rings. The average Bonchev–Trinajstić information content (AvgIpc) is 2.77. The van der Waals surface area contributed by atoms with Crippen LogP contribution >= 0.6 is 11.3 Å². The molecule has 1 unspecified atom stereocenters. The molecule has 0 fully saturated rings. The number of fused-ring (bicyclic) bond motifs is 1. The Bertz CT molecular complexity index is 597. The van der Waals surface area contributed by atoms with Gasteiger partial charge in [-0.15, -0.1) is 11.3 Å². The molecule has 18 heavy (non-hydrogen) atoms. The van der Waals surface area contributed by atoms with Crippen LogP contribution in [0.25, 0.3) is 10.6 Å². The van der Waals surface area contributed by atoms with Gasteiger partial charge in [0, 0.05) is 10.4 Å². The molecule has 1 heterocycles. The van der Waals surface area contributed by atoms with Gasteiger partial charge in [0.05, 0.1) is 11.8 Å². The van der Waals surface area contributed by atoms with E-state index in [4.69, 9.17) is 0 Å². The van der Waals surface area contributed by atoms with E-state index in [2.05, 4.69) is 4.98 Å². The molecule has 0 bridgehead atoms. The Morgan fingerprint density at radius 2 is 2.17 bits per heavy atom. The van der Waals surface area contributed by atoms with Crippen molar-refractivity contribution in [2.45, 2.75) is 25.4 Å². The van der Waals surface area contributed by atoms with Crippen LogP contribution < -0.4 is 0 Å². The second-order valence-corrected chi connectivity index (χ2v) is 5.44. The van der Waals surface area contributed by atoms with E-state index in [1.165, 1.54) is 11.3 Å². The minimum Gasteiger partial charge on any atom is -0.387 e. The summed E-state index contributed by atoms with van der Waals surface area (Å²) in [6.07, 6.45) is 1.86. The minimum absolute atomic E-state index is 0.168. The zero-order valence-corrected chi connectivity index (χ0v) is 10.3. The number of aryl methyl sites for hydroxylation is 1. The maximum Gasteiger partial charge on any atom is 0.133 e. The molecule has 5 heteroatoms. The fourth-order valence-corrected chi connectivity index (χ4v) is 3.35. The van der Waals surface area contributed by atoms with Crippen molar-refractivity contribution in [1.82, 2.24) is 4.98 Å². The van der Waals surface area contributed by atoms with Crippen LogP contribution in [0.5, 0.6) is 0 Å². The quantitative estimate of drug-likeness (QED) is 0.858. The van der Waals surface area contributed by atoms with E-state index in [1.807, 2.05) is 0 Å². The van der Waals surface area contributed by atoms with Crippen molar-refractivity contribution >= 4 is 11.3 Å². The van der Waals surface area contributed by atoms with Gasteiger partial charge in [-0.1, -0.05) is 0 Å². The predicted molar refractivity (Wildman–Crippen MR) is 65.4 cm³/mol. The summed E-state index contributed by atoms with van der Waals surface area (Å²) in [6.45, 7) is 0. The third kappa shape index (κ3) is 1.93. The highest BCUT2D eigenvalue weighted by molar-refractivity contribution is 7.15. The number of hydrogen-bond donors (Lipinski definition) is 1. The molecule has 0 aliphatic heterocycles. The van der Waals surface area contributed by atoms with Crippen molar-refractivity contribution < 1.29 is 13.9 Å². The summed E-state index contributed by atoms with van der Waals surface area (Å²) in [5.74, 6) is -0.975. The first-order chi connectivity index (χ1) is 8.65. The highest BCUT2D eigenvalue weighted by Crippen LogP contribution is 2.37. The number of hydrogen-bond acceptors (Lipinski definition) is 3. The Hall–Kier alpha value is -1.33. The number of halogens is 2. The predicted octanol–water partition coefficient (Wildman–Crippen LogP) is 3.46. The standard InChI is InChI=1S/C13H11F2NOS/c14-7-4-5-9(15)8(6-7)13-16-12-10(17)2-1-3-11(12)18-13/h4-6,10,17H,1-3H2. The van der Waals surface area contributed by atoms with Gasteiger partial charge in [-0.2, -0.15) is 0 Å². The molecule has 1 N–H and O–H groups in total. The van der Waals surface area contributed by atoms with Gasteiger partial charge in [0.25, 0.3) is 0 Å². The second kappa shape index (κ2) is 4.40. The Morgan fingerprint density at radius 1 is 1.33 bits per heavy atom. The molecule has 1 aliphatic carbocycles. The van der Waals surface area contributed by atoms with Crippen molar-refractivity contribution in [2.75, 3.05) is 0 Å². The maximum atomic E-state index is 13.7. The first-order valence-corrected chi connectivity index (χ1v) is 6.60. The summed E-state index contributed by atoms with van der Waals surface area (Å²) < 4.78 is 26.8. The van der Waals surface area contributed by atoms with Crippen LogP contribution in [0.4, 0.5) is 8.78 Å². The van der Waals surface area contributed by atoms with Crippen LogP contribution in [0, 0.1) is 11.6 Å². The zero-order valence-electron chi connectivity index (χ0n) is 9.49. The van der Waals surface area contributed by atoms with E-state index in [-0.39, 0.29) is 5.56 Å². The Morgan fingerprint density at radius 3 is 2.94 bits per heavy atom. The van der Waals surface area contributed by atoms with Crippen molar-refractivity contribution in [3.8, 4) is 10.6 Å². The first kappa shape index (κ1) is 11.7. The molecule has 0 radical (unpaired) electrons. The summed E-state index contributed by atoms with van der Waals surface area (Å²) in [5, 5.41) is 10.3. The topological polar surface area (TPSA) is 33.1 Å². The summed E-state index contributed by atoms with van der Waals surface area (Å²) in [4.78, 5) is 5.24. The van der Waals surface area contributed by atoms with Gasteiger partial charge in [-0.25, -0.2) is 13.8 Å². The Kier molecular flexibility index (Phi) is 2.87. The van der Waals surface area contributed by atoms with Gasteiger partial charge in [-0.05, 0) is 37.5 Å². The molecule has 1 aromatic carbocycles. The maximum absolute atomic E-state index is 13.7. The van der Waals surface area contributed by atoms with Crippen LogP contribution in [0.15, 0.2) is 18.2 Å². The number of thiazole rings is 1. The number of benzene rings is 1. The van der Waals surface area contributed by atoms with Crippen molar-refractivity contribution in [1.29, 1.82) is 0 Å². The fourth-order valence-electron chi connectivity index (χ4n) is 2.17. The van der Waals surface area contributed by atoms with E-state index in [0.717, 1.165) is 35.9 Å². The van der Waals surface area contributed by atoms with Gasteiger partial charge in [-0.3, -0.25) is 0 Å². The van der Waals surface area contributed by atoms with Gasteiger partial charge in [0.2, 0.25) is 0 Å². The highest BCUT2D eigenvalue weighted by Gasteiger charge is 2.24. The molecule has 2 nitrogen and oxygen atoms in total. The van der Waals surface area contributed by atoms with Crippen LogP contribution in [0.3, 0.4) is 0 Å². The highest BCUT2D eigenvalue weighted by atomic mass is 32.1. The third-order valence-corrected chi connectivity index (χ3v) is 4.25. The lowest BCUT2D eigenvalue weighted by atomic mass is 10.0. The average molecular weight is 267 g/mol. The van der Waals surface area contributed by atoms with Crippen molar-refractivity contribution in [2.24, 2.45) is 0 Å². The smallest absolute Gasteiger partial charge is 0.133 e. The summed E-state index contributed by atoms with van der Waals surface area (Å²) in [7, 11) is 0. The van der Waals surface area contributed by atoms with E-state index in [1.54, 1.807) is 0 Å². The zero-order chi connectivity index (χ0) is 12.7. The minimum atomic E-state index is -0.574. The Balaban J connectivity index is 2.10. The van der Waals surface area contributed by atoms with Gasteiger partial charge >= 0.3 is 0 Å². The molecule has 0 amide bonds. The number of rotatable bonds is 1. The van der Waals surface area contributed by atoms with E-state index in [9.17, 15) is 13.9 Å². The summed E-state index contributed by atoms with van der Waals surface area (Å²) in [5.41, 5.74) is 0.798. The molecular weight excluding hydrogens is 256 g/mol. The molecule has 0 saturated heterocycles. The molecule has 2 aromatic rings. The molecule has 1 aromatic heterocycles. The second-order valence-electron chi connectivity index (χ2n) is 4.36. The third-order valence-electron chi connectivity index (χ3n) is 3.08. The van der Waals surface area contributed by atoms with Gasteiger partial charge in [0.15, 0.2) is 0 Å². The lowest BCUT2D eigenvalue weighted by Gasteiger charge is -2.14. The molecule has 0 spiro atoms. The number of aromatic nitrogens is 1. The summed E-state index contributed by atoms with van der Waals surface area (Å²) >= 11 is 1.34. The number of aliphatic hydroxyl groups is 1. The SMILES string of the molecule is OC1CCCc2sc(-c3cc(F)ccc3F)nc21. The van der Waals surface area contributed by atoms with Crippen molar-refractivity contribution in [3.05, 3.63) is 40.4 Å². The van der Waals surface area contributed by atoms with Crippen LogP contribution in [-0.2, 0) is 6.42 Å². The molecule has 3 rings (SSSR count). The van der Waals surface area contributed by atoms with Crippen LogP contribution in [0.1, 0.15) is 29.5 Å². The molecule has 1 atom stereocenters. The Labute approximate surface area is 107 Å². The van der Waals surface area contributed by atoms with E-state index in [0.29, 0.717) is 17.1 Å². The lowest BCUT2D eigenvalue weighted by Crippen LogP contribution is -2.07. The monoisotopic (exact) mass is 267 g/mol. The molecular formula is C13H11F2NOS. The molecule has 94 valence electrons. The van der Waals surface area contributed by atoms with Crippen LogP contribution in [-0.4, -0.2) is 10.1 Å². The number of aliphatic hydroxyl groups excluding tert-OH is 1. The van der Waals surface area contributed by atoms with Crippen molar-refractivity contribution in [3.63, 3.8) is 0 Å². The fraction of sp³-hybridized carbons (Fsp3) is 0.308. The largest absolute Gasteiger partial charge is 0.387 e. The van der Waals surface area contributed by atoms with E-state index >= 15 is 0 Å². The van der Waals surface area contributed by atoms with Crippen LogP contribution in [0.2, 0.25) is 0 Å². The number of nitrogens with zero attached hydrogens (tertiary/aromatic N) is 1. The molecule has 0 saturated carbocycles. The normalized spacial score (nSPS) is 18.7. The lowest BCUT2D eigenvalue weighted by molar-refractivity contribution is 0.153. The first-order valence-electron chi connectivity index (χ1n) is 5.78.